The van der Waals surface area contributed by atoms with Gasteiger partial charge in [-0.05, 0) is 18.1 Å². The van der Waals surface area contributed by atoms with E-state index in [0.717, 1.165) is 30.7 Å². The van der Waals surface area contributed by atoms with E-state index in [2.05, 4.69) is 41.9 Å². The van der Waals surface area contributed by atoms with Crippen LogP contribution in [0.1, 0.15) is 39.9 Å². The van der Waals surface area contributed by atoms with Crippen LogP contribution in [0.15, 0.2) is 24.3 Å². The number of aromatic nitrogens is 2. The topological polar surface area (TPSA) is 46.9 Å². The highest BCUT2D eigenvalue weighted by molar-refractivity contribution is 5.78. The Morgan fingerprint density at radius 3 is 2.68 bits per heavy atom. The number of carbonyl (C=O) groups is 1. The second kappa shape index (κ2) is 7.43. The van der Waals surface area contributed by atoms with Gasteiger partial charge in [-0.2, -0.15) is 0 Å². The van der Waals surface area contributed by atoms with Crippen LogP contribution in [0.4, 0.5) is 0 Å². The molecule has 2 aromatic rings. The minimum Gasteiger partial charge on any atom is -0.355 e. The summed E-state index contributed by atoms with van der Waals surface area (Å²) in [7, 11) is 0. The van der Waals surface area contributed by atoms with Gasteiger partial charge >= 0.3 is 0 Å². The minimum absolute atomic E-state index is 0.0268. The number of nitrogens with one attached hydrogen (secondary N) is 1. The van der Waals surface area contributed by atoms with Crippen molar-refractivity contribution in [2.24, 2.45) is 11.8 Å². The minimum atomic E-state index is 0.0268. The van der Waals surface area contributed by atoms with E-state index in [-0.39, 0.29) is 11.8 Å². The number of nitrogens with zero attached hydrogens (tertiary/aromatic N) is 2. The van der Waals surface area contributed by atoms with Gasteiger partial charge in [0.05, 0.1) is 11.0 Å². The molecule has 2 rings (SSSR count). The Morgan fingerprint density at radius 1 is 1.27 bits per heavy atom. The lowest BCUT2D eigenvalue weighted by atomic mass is 10.1. The third-order valence-electron chi connectivity index (χ3n) is 4.10. The van der Waals surface area contributed by atoms with Crippen molar-refractivity contribution in [1.29, 1.82) is 0 Å². The molecule has 0 radical (unpaired) electrons. The quantitative estimate of drug-likeness (QED) is 0.852. The molecule has 1 aromatic carbocycles. The van der Waals surface area contributed by atoms with Crippen LogP contribution in [0.25, 0.3) is 11.0 Å². The van der Waals surface area contributed by atoms with E-state index in [0.29, 0.717) is 12.5 Å². The number of rotatable bonds is 7. The average molecular weight is 301 g/mol. The molecule has 0 aliphatic carbocycles. The molecule has 1 amide bonds. The smallest absolute Gasteiger partial charge is 0.222 e. The number of hydrogen-bond acceptors (Lipinski definition) is 2. The second-order valence-corrected chi connectivity index (χ2v) is 6.34. The molecular formula is C18H27N3O. The molecule has 0 saturated heterocycles. The molecule has 0 spiro atoms. The normalized spacial score (nSPS) is 12.8. The molecule has 0 aliphatic heterocycles. The number of para-hydroxylation sites is 2. The molecule has 1 heterocycles. The zero-order chi connectivity index (χ0) is 16.1. The van der Waals surface area contributed by atoms with E-state index in [9.17, 15) is 4.79 Å². The molecule has 1 aromatic heterocycles. The van der Waals surface area contributed by atoms with Crippen molar-refractivity contribution >= 4 is 16.9 Å². The molecule has 0 aliphatic rings. The molecule has 4 nitrogen and oxygen atoms in total. The maximum Gasteiger partial charge on any atom is 0.222 e. The predicted molar refractivity (Wildman–Crippen MR) is 90.7 cm³/mol. The average Bonchev–Trinajstić information content (AvgIpc) is 2.85. The number of benzene rings is 1. The second-order valence-electron chi connectivity index (χ2n) is 6.34. The van der Waals surface area contributed by atoms with Crippen molar-refractivity contribution in [1.82, 2.24) is 14.9 Å². The van der Waals surface area contributed by atoms with E-state index in [1.54, 1.807) is 0 Å². The van der Waals surface area contributed by atoms with Crippen LogP contribution in [0.2, 0.25) is 0 Å². The Balaban J connectivity index is 2.17. The fourth-order valence-electron chi connectivity index (χ4n) is 2.46. The SMILES string of the molecule is CCC(C)Cn1c(CCNC(=O)C(C)C)nc2ccccc21. The van der Waals surface area contributed by atoms with E-state index in [4.69, 9.17) is 4.98 Å². The Labute approximate surface area is 132 Å². The highest BCUT2D eigenvalue weighted by atomic mass is 16.1. The van der Waals surface area contributed by atoms with Gasteiger partial charge in [0.2, 0.25) is 5.91 Å². The van der Waals surface area contributed by atoms with Crippen molar-refractivity contribution in [2.45, 2.75) is 47.1 Å². The third kappa shape index (κ3) is 3.87. The summed E-state index contributed by atoms with van der Waals surface area (Å²) in [6.45, 7) is 9.91. The molecule has 4 heteroatoms. The first-order valence-corrected chi connectivity index (χ1v) is 8.24. The molecule has 0 saturated carbocycles. The zero-order valence-corrected chi connectivity index (χ0v) is 14.1. The summed E-state index contributed by atoms with van der Waals surface area (Å²) in [5, 5.41) is 2.98. The molecule has 1 unspecified atom stereocenters. The summed E-state index contributed by atoms with van der Waals surface area (Å²) in [4.78, 5) is 16.4. The number of fused-ring (bicyclic) bond motifs is 1. The van der Waals surface area contributed by atoms with Crippen LogP contribution in [-0.2, 0) is 17.8 Å². The van der Waals surface area contributed by atoms with E-state index < -0.39 is 0 Å². The van der Waals surface area contributed by atoms with E-state index >= 15 is 0 Å². The lowest BCUT2D eigenvalue weighted by Gasteiger charge is -2.14. The van der Waals surface area contributed by atoms with Gasteiger partial charge in [0.15, 0.2) is 0 Å². The van der Waals surface area contributed by atoms with Crippen molar-refractivity contribution in [2.75, 3.05) is 6.54 Å². The van der Waals surface area contributed by atoms with Crippen molar-refractivity contribution in [3.05, 3.63) is 30.1 Å². The van der Waals surface area contributed by atoms with Crippen LogP contribution < -0.4 is 5.32 Å². The van der Waals surface area contributed by atoms with Gasteiger partial charge in [-0.25, -0.2) is 4.98 Å². The van der Waals surface area contributed by atoms with Crippen LogP contribution in [-0.4, -0.2) is 22.0 Å². The first kappa shape index (κ1) is 16.5. The molecule has 1 atom stereocenters. The molecule has 0 bridgehead atoms. The highest BCUT2D eigenvalue weighted by Crippen LogP contribution is 2.19. The van der Waals surface area contributed by atoms with Crippen molar-refractivity contribution in [3.63, 3.8) is 0 Å². The first-order valence-electron chi connectivity index (χ1n) is 8.24. The lowest BCUT2D eigenvalue weighted by Crippen LogP contribution is -2.30. The molecule has 120 valence electrons. The summed E-state index contributed by atoms with van der Waals surface area (Å²) in [5.74, 6) is 1.80. The fourth-order valence-corrected chi connectivity index (χ4v) is 2.46. The van der Waals surface area contributed by atoms with E-state index in [1.807, 2.05) is 19.9 Å². The van der Waals surface area contributed by atoms with Gasteiger partial charge in [-0.3, -0.25) is 4.79 Å². The largest absolute Gasteiger partial charge is 0.355 e. The molecule has 0 fully saturated rings. The summed E-state index contributed by atoms with van der Waals surface area (Å²) in [6.07, 6.45) is 1.92. The molecular weight excluding hydrogens is 274 g/mol. The fraction of sp³-hybridized carbons (Fsp3) is 0.556. The molecule has 22 heavy (non-hydrogen) atoms. The van der Waals surface area contributed by atoms with Crippen LogP contribution in [0.5, 0.6) is 0 Å². The lowest BCUT2D eigenvalue weighted by molar-refractivity contribution is -0.123. The Morgan fingerprint density at radius 2 is 2.00 bits per heavy atom. The zero-order valence-electron chi connectivity index (χ0n) is 14.1. The standard InChI is InChI=1S/C18H27N3O/c1-5-14(4)12-21-16-9-7-6-8-15(16)20-17(21)10-11-19-18(22)13(2)3/h6-9,13-14H,5,10-12H2,1-4H3,(H,19,22). The number of hydrogen-bond donors (Lipinski definition) is 1. The van der Waals surface area contributed by atoms with Crippen LogP contribution >= 0.6 is 0 Å². The molecule has 1 N–H and O–H groups in total. The van der Waals surface area contributed by atoms with Gasteiger partial charge in [-0.15, -0.1) is 0 Å². The number of carbonyl (C=O) groups excluding carboxylic acids is 1. The number of amides is 1. The van der Waals surface area contributed by atoms with Gasteiger partial charge in [0, 0.05) is 25.4 Å². The summed E-state index contributed by atoms with van der Waals surface area (Å²) < 4.78 is 2.31. The predicted octanol–water partition coefficient (Wildman–Crippen LogP) is 3.40. The number of imidazole rings is 1. The Hall–Kier alpha value is -1.84. The van der Waals surface area contributed by atoms with E-state index in [1.165, 1.54) is 5.52 Å². The maximum absolute atomic E-state index is 11.7. The Kier molecular flexibility index (Phi) is 5.58. The van der Waals surface area contributed by atoms with Crippen molar-refractivity contribution < 1.29 is 4.79 Å². The Bertz CT molecular complexity index is 630. The first-order chi connectivity index (χ1) is 10.5. The van der Waals surface area contributed by atoms with Crippen LogP contribution in [0.3, 0.4) is 0 Å². The summed E-state index contributed by atoms with van der Waals surface area (Å²) >= 11 is 0. The maximum atomic E-state index is 11.7. The highest BCUT2D eigenvalue weighted by Gasteiger charge is 2.13. The summed E-state index contributed by atoms with van der Waals surface area (Å²) in [5.41, 5.74) is 2.23. The van der Waals surface area contributed by atoms with Gasteiger partial charge < -0.3 is 9.88 Å². The van der Waals surface area contributed by atoms with Crippen LogP contribution in [0, 0.1) is 11.8 Å². The van der Waals surface area contributed by atoms with Crippen molar-refractivity contribution in [3.8, 4) is 0 Å². The third-order valence-corrected chi connectivity index (χ3v) is 4.10. The monoisotopic (exact) mass is 301 g/mol. The van der Waals surface area contributed by atoms with Gasteiger partial charge in [0.25, 0.3) is 0 Å². The van der Waals surface area contributed by atoms with Gasteiger partial charge in [-0.1, -0.05) is 46.2 Å². The van der Waals surface area contributed by atoms with Gasteiger partial charge in [0.1, 0.15) is 5.82 Å². The summed E-state index contributed by atoms with van der Waals surface area (Å²) in [6, 6.07) is 8.26.